The fourth-order valence-corrected chi connectivity index (χ4v) is 2.31. The summed E-state index contributed by atoms with van der Waals surface area (Å²) in [7, 11) is 0. The first kappa shape index (κ1) is 13.4. The van der Waals surface area contributed by atoms with Crippen LogP contribution in [0.25, 0.3) is 0 Å². The smallest absolute Gasteiger partial charge is 0.320 e. The van der Waals surface area contributed by atoms with E-state index >= 15 is 0 Å². The number of hydrogen-bond acceptors (Lipinski definition) is 2. The molecule has 1 heterocycles. The van der Waals surface area contributed by atoms with Crippen LogP contribution in [0.1, 0.15) is 44.9 Å². The Morgan fingerprint density at radius 2 is 2.06 bits per heavy atom. The lowest BCUT2D eigenvalue weighted by Crippen LogP contribution is -2.35. The minimum atomic E-state index is -0.738. The third kappa shape index (κ3) is 4.92. The van der Waals surface area contributed by atoms with Crippen LogP contribution < -0.4 is 5.32 Å². The van der Waals surface area contributed by atoms with Crippen LogP contribution in [0.3, 0.4) is 0 Å². The van der Waals surface area contributed by atoms with Crippen molar-refractivity contribution in [1.29, 1.82) is 0 Å². The summed E-state index contributed by atoms with van der Waals surface area (Å²) in [6.45, 7) is 0.581. The van der Waals surface area contributed by atoms with Crippen molar-refractivity contribution in [2.45, 2.75) is 51.0 Å². The van der Waals surface area contributed by atoms with E-state index in [4.69, 9.17) is 5.11 Å². The molecule has 16 heavy (non-hydrogen) atoms. The molecule has 1 aliphatic rings. The van der Waals surface area contributed by atoms with Gasteiger partial charge in [0.2, 0.25) is 0 Å². The Balaban J connectivity index is 2.17. The molecule has 0 spiro atoms. The van der Waals surface area contributed by atoms with Gasteiger partial charge < -0.3 is 10.4 Å². The molecule has 0 aromatic carbocycles. The van der Waals surface area contributed by atoms with E-state index in [1.54, 1.807) is 0 Å². The van der Waals surface area contributed by atoms with Gasteiger partial charge in [0.1, 0.15) is 6.04 Å². The Kier molecular flexibility index (Phi) is 6.38. The van der Waals surface area contributed by atoms with Crippen molar-refractivity contribution < 1.29 is 14.3 Å². The maximum Gasteiger partial charge on any atom is 0.320 e. The lowest BCUT2D eigenvalue weighted by Gasteiger charge is -2.12. The normalized spacial score (nSPS) is 26.3. The third-order valence-electron chi connectivity index (χ3n) is 3.35. The topological polar surface area (TPSA) is 49.3 Å². The first-order chi connectivity index (χ1) is 7.74. The largest absolute Gasteiger partial charge is 0.480 e. The second kappa shape index (κ2) is 7.60. The molecule has 3 nitrogen and oxygen atoms in total. The highest BCUT2D eigenvalue weighted by Crippen LogP contribution is 2.22. The molecule has 0 aliphatic carbocycles. The van der Waals surface area contributed by atoms with Gasteiger partial charge in [-0.1, -0.05) is 19.3 Å². The summed E-state index contributed by atoms with van der Waals surface area (Å²) in [5.41, 5.74) is 0. The fraction of sp³-hybridized carbons (Fsp3) is 0.917. The van der Waals surface area contributed by atoms with Gasteiger partial charge in [0, 0.05) is 0 Å². The molecule has 4 heteroatoms. The quantitative estimate of drug-likeness (QED) is 0.690. The lowest BCUT2D eigenvalue weighted by atomic mass is 9.93. The molecular formula is C12H22FNO2. The van der Waals surface area contributed by atoms with Crippen LogP contribution in [0.15, 0.2) is 0 Å². The molecule has 0 aromatic heterocycles. The van der Waals surface area contributed by atoms with Crippen LogP contribution in [0.2, 0.25) is 0 Å². The van der Waals surface area contributed by atoms with Crippen molar-refractivity contribution in [2.24, 2.45) is 5.92 Å². The van der Waals surface area contributed by atoms with Gasteiger partial charge >= 0.3 is 5.97 Å². The van der Waals surface area contributed by atoms with E-state index in [1.807, 2.05) is 0 Å². The summed E-state index contributed by atoms with van der Waals surface area (Å²) >= 11 is 0. The number of hydrogen-bond donors (Lipinski definition) is 2. The predicted octanol–water partition coefficient (Wildman–Crippen LogP) is 2.36. The van der Waals surface area contributed by atoms with E-state index in [0.29, 0.717) is 12.3 Å². The summed E-state index contributed by atoms with van der Waals surface area (Å²) in [5.74, 6) is -0.116. The standard InChI is InChI=1S/C12H22FNO2/c13-8-3-1-2-4-10-5-6-11(12(15)16)14-9-7-10/h10-11,14H,1-9H2,(H,15,16). The number of aliphatic carboxylic acids is 1. The molecule has 2 unspecified atom stereocenters. The molecule has 0 amide bonds. The van der Waals surface area contributed by atoms with Crippen LogP contribution in [0, 0.1) is 5.92 Å². The number of carboxylic acid groups (broad SMARTS) is 1. The van der Waals surface area contributed by atoms with Crippen LogP contribution in [-0.2, 0) is 4.79 Å². The molecule has 0 bridgehead atoms. The molecule has 1 rings (SSSR count). The number of carboxylic acids is 1. The average Bonchev–Trinajstić information content (AvgIpc) is 2.50. The summed E-state index contributed by atoms with van der Waals surface area (Å²) in [4.78, 5) is 10.8. The summed E-state index contributed by atoms with van der Waals surface area (Å²) in [6.07, 6.45) is 6.59. The Morgan fingerprint density at radius 3 is 2.75 bits per heavy atom. The molecule has 94 valence electrons. The molecule has 1 aliphatic heterocycles. The van der Waals surface area contributed by atoms with E-state index in [2.05, 4.69) is 5.32 Å². The number of alkyl halides is 1. The zero-order valence-corrected chi connectivity index (χ0v) is 9.75. The Morgan fingerprint density at radius 1 is 1.25 bits per heavy atom. The number of carbonyl (C=O) groups is 1. The van der Waals surface area contributed by atoms with Crippen molar-refractivity contribution in [3.8, 4) is 0 Å². The Labute approximate surface area is 96.4 Å². The van der Waals surface area contributed by atoms with Crippen molar-refractivity contribution in [3.05, 3.63) is 0 Å². The highest BCUT2D eigenvalue weighted by atomic mass is 19.1. The van der Waals surface area contributed by atoms with Crippen LogP contribution >= 0.6 is 0 Å². The molecule has 2 atom stereocenters. The van der Waals surface area contributed by atoms with Crippen LogP contribution in [0.4, 0.5) is 4.39 Å². The molecule has 0 aromatic rings. The van der Waals surface area contributed by atoms with Gasteiger partial charge in [-0.2, -0.15) is 0 Å². The molecule has 2 N–H and O–H groups in total. The average molecular weight is 231 g/mol. The second-order valence-corrected chi connectivity index (χ2v) is 4.62. The highest BCUT2D eigenvalue weighted by molar-refractivity contribution is 5.73. The van der Waals surface area contributed by atoms with E-state index < -0.39 is 5.97 Å². The van der Waals surface area contributed by atoms with E-state index in [1.165, 1.54) is 0 Å². The number of nitrogens with one attached hydrogen (secondary N) is 1. The van der Waals surface area contributed by atoms with Gasteiger partial charge in [-0.15, -0.1) is 0 Å². The zero-order valence-electron chi connectivity index (χ0n) is 9.75. The van der Waals surface area contributed by atoms with Crippen molar-refractivity contribution in [1.82, 2.24) is 5.32 Å². The van der Waals surface area contributed by atoms with Crippen LogP contribution in [0.5, 0.6) is 0 Å². The first-order valence-corrected chi connectivity index (χ1v) is 6.26. The maximum absolute atomic E-state index is 11.9. The maximum atomic E-state index is 11.9. The van der Waals surface area contributed by atoms with Crippen molar-refractivity contribution in [2.75, 3.05) is 13.2 Å². The molecule has 1 fully saturated rings. The highest BCUT2D eigenvalue weighted by Gasteiger charge is 2.22. The first-order valence-electron chi connectivity index (χ1n) is 6.26. The molecular weight excluding hydrogens is 209 g/mol. The predicted molar refractivity (Wildman–Crippen MR) is 61.2 cm³/mol. The summed E-state index contributed by atoms with van der Waals surface area (Å²) in [6, 6.07) is -0.365. The van der Waals surface area contributed by atoms with Gasteiger partial charge in [0.15, 0.2) is 0 Å². The van der Waals surface area contributed by atoms with Gasteiger partial charge in [-0.3, -0.25) is 9.18 Å². The third-order valence-corrected chi connectivity index (χ3v) is 3.35. The minimum absolute atomic E-state index is 0.215. The van der Waals surface area contributed by atoms with Gasteiger partial charge in [0.05, 0.1) is 6.67 Å². The van der Waals surface area contributed by atoms with E-state index in [9.17, 15) is 9.18 Å². The van der Waals surface area contributed by atoms with E-state index in [-0.39, 0.29) is 12.7 Å². The SMILES string of the molecule is O=C(O)C1CCC(CCCCCF)CCN1. The molecule has 0 saturated carbocycles. The van der Waals surface area contributed by atoms with Crippen LogP contribution in [-0.4, -0.2) is 30.3 Å². The fourth-order valence-electron chi connectivity index (χ4n) is 2.31. The van der Waals surface area contributed by atoms with Gasteiger partial charge in [-0.25, -0.2) is 0 Å². The second-order valence-electron chi connectivity index (χ2n) is 4.62. The number of rotatable bonds is 6. The van der Waals surface area contributed by atoms with Gasteiger partial charge in [0.25, 0.3) is 0 Å². The van der Waals surface area contributed by atoms with E-state index in [0.717, 1.165) is 45.1 Å². The summed E-state index contributed by atoms with van der Waals surface area (Å²) < 4.78 is 11.9. The lowest BCUT2D eigenvalue weighted by molar-refractivity contribution is -0.139. The Hall–Kier alpha value is -0.640. The molecule has 1 saturated heterocycles. The summed E-state index contributed by atoms with van der Waals surface area (Å²) in [5, 5.41) is 11.9. The van der Waals surface area contributed by atoms with Crippen molar-refractivity contribution in [3.63, 3.8) is 0 Å². The molecule has 0 radical (unpaired) electrons. The number of unbranched alkanes of at least 4 members (excludes halogenated alkanes) is 2. The van der Waals surface area contributed by atoms with Gasteiger partial charge in [-0.05, 0) is 38.1 Å². The Bertz CT molecular complexity index is 211. The number of halogens is 1. The van der Waals surface area contributed by atoms with Crippen molar-refractivity contribution >= 4 is 5.97 Å². The minimum Gasteiger partial charge on any atom is -0.480 e. The monoisotopic (exact) mass is 231 g/mol. The zero-order chi connectivity index (χ0) is 11.8.